The van der Waals surface area contributed by atoms with Gasteiger partial charge < -0.3 is 14.2 Å². The molecule has 0 N–H and O–H groups in total. The maximum atomic E-state index is 12.8. The van der Waals surface area contributed by atoms with Crippen LogP contribution in [0.3, 0.4) is 0 Å². The molecule has 382 valence electrons. The molecule has 0 bridgehead atoms. The van der Waals surface area contributed by atoms with Gasteiger partial charge in [0.25, 0.3) is 0 Å². The average Bonchev–Trinajstić information content (AvgIpc) is 3.30. The fourth-order valence-electron chi connectivity index (χ4n) is 8.55. The lowest BCUT2D eigenvalue weighted by molar-refractivity contribution is -0.167. The Kier molecular flexibility index (Phi) is 52.7. The second-order valence-electron chi connectivity index (χ2n) is 19.6. The van der Waals surface area contributed by atoms with Gasteiger partial charge in [0, 0.05) is 19.3 Å². The molecule has 0 heterocycles. The fourth-order valence-corrected chi connectivity index (χ4v) is 8.55. The summed E-state index contributed by atoms with van der Waals surface area (Å²) in [5, 5.41) is 0. The van der Waals surface area contributed by atoms with Gasteiger partial charge >= 0.3 is 17.9 Å². The molecule has 0 aliphatic rings. The number of hydrogen-bond acceptors (Lipinski definition) is 6. The summed E-state index contributed by atoms with van der Waals surface area (Å²) in [6.45, 7) is 6.67. The van der Waals surface area contributed by atoms with Gasteiger partial charge in [0.05, 0.1) is 0 Å². The zero-order valence-electron chi connectivity index (χ0n) is 43.8. The molecule has 6 nitrogen and oxygen atoms in total. The maximum absolute atomic E-state index is 12.8. The first-order chi connectivity index (χ1) is 32.0. The van der Waals surface area contributed by atoms with Crippen LogP contribution >= 0.6 is 0 Å². The Morgan fingerprint density at radius 1 is 0.292 bits per heavy atom. The minimum atomic E-state index is -0.775. The van der Waals surface area contributed by atoms with E-state index in [1.807, 2.05) is 0 Å². The summed E-state index contributed by atoms with van der Waals surface area (Å²) >= 11 is 0. The molecule has 0 amide bonds. The smallest absolute Gasteiger partial charge is 0.306 e. The second kappa shape index (κ2) is 54.5. The summed E-state index contributed by atoms with van der Waals surface area (Å²) in [6, 6.07) is 0. The van der Waals surface area contributed by atoms with E-state index in [2.05, 4.69) is 45.1 Å². The number of esters is 3. The zero-order chi connectivity index (χ0) is 47.2. The predicted octanol–water partition coefficient (Wildman–Crippen LogP) is 19.1. The highest BCUT2D eigenvalue weighted by molar-refractivity contribution is 5.71. The van der Waals surface area contributed by atoms with Gasteiger partial charge in [0.1, 0.15) is 13.2 Å². The maximum Gasteiger partial charge on any atom is 0.306 e. The van der Waals surface area contributed by atoms with Gasteiger partial charge in [0.15, 0.2) is 6.10 Å². The first-order valence-electron chi connectivity index (χ1n) is 28.8. The molecule has 0 aromatic heterocycles. The summed E-state index contributed by atoms with van der Waals surface area (Å²) in [4.78, 5) is 38.1. The average molecular weight is 916 g/mol. The molecule has 65 heavy (non-hydrogen) atoms. The van der Waals surface area contributed by atoms with Crippen molar-refractivity contribution in [3.8, 4) is 0 Å². The largest absolute Gasteiger partial charge is 0.462 e. The van der Waals surface area contributed by atoms with E-state index in [4.69, 9.17) is 14.2 Å². The lowest BCUT2D eigenvalue weighted by Crippen LogP contribution is -2.30. The van der Waals surface area contributed by atoms with E-state index in [1.165, 1.54) is 205 Å². The van der Waals surface area contributed by atoms with Crippen LogP contribution in [0.15, 0.2) is 24.3 Å². The Balaban J connectivity index is 4.36. The number of unbranched alkanes of at least 4 members (excludes halogenated alkanes) is 38. The molecule has 6 heteroatoms. The molecule has 0 radical (unpaired) electrons. The molecule has 0 aliphatic heterocycles. The fraction of sp³-hybridized carbons (Fsp3) is 0.881. The van der Waals surface area contributed by atoms with Gasteiger partial charge in [-0.25, -0.2) is 0 Å². The number of carbonyl (C=O) groups excluding carboxylic acids is 3. The number of allylic oxidation sites excluding steroid dienone is 4. The molecular weight excluding hydrogens is 805 g/mol. The van der Waals surface area contributed by atoms with Crippen LogP contribution < -0.4 is 0 Å². The number of carbonyl (C=O) groups is 3. The lowest BCUT2D eigenvalue weighted by Gasteiger charge is -2.18. The number of rotatable bonds is 53. The number of hydrogen-bond donors (Lipinski definition) is 0. The van der Waals surface area contributed by atoms with E-state index in [9.17, 15) is 14.4 Å². The van der Waals surface area contributed by atoms with Crippen LogP contribution in [-0.2, 0) is 28.6 Å². The van der Waals surface area contributed by atoms with Crippen LogP contribution in [0.2, 0.25) is 0 Å². The molecule has 0 aromatic rings. The third kappa shape index (κ3) is 52.7. The van der Waals surface area contributed by atoms with E-state index >= 15 is 0 Å². The molecule has 0 spiro atoms. The summed E-state index contributed by atoms with van der Waals surface area (Å²) in [7, 11) is 0. The first-order valence-corrected chi connectivity index (χ1v) is 28.8. The monoisotopic (exact) mass is 915 g/mol. The summed E-state index contributed by atoms with van der Waals surface area (Å²) in [6.07, 6.45) is 63.0. The minimum absolute atomic E-state index is 0.0729. The van der Waals surface area contributed by atoms with Crippen molar-refractivity contribution in [1.82, 2.24) is 0 Å². The van der Waals surface area contributed by atoms with Crippen LogP contribution in [0.5, 0.6) is 0 Å². The van der Waals surface area contributed by atoms with Crippen LogP contribution in [0.25, 0.3) is 0 Å². The summed E-state index contributed by atoms with van der Waals surface area (Å²) < 4.78 is 16.9. The molecule has 0 fully saturated rings. The zero-order valence-corrected chi connectivity index (χ0v) is 43.8. The second-order valence-corrected chi connectivity index (χ2v) is 19.6. The molecule has 1 atom stereocenters. The third-order valence-electron chi connectivity index (χ3n) is 12.9. The Bertz CT molecular complexity index is 1050. The van der Waals surface area contributed by atoms with Gasteiger partial charge in [0.2, 0.25) is 0 Å². The van der Waals surface area contributed by atoms with Crippen molar-refractivity contribution in [2.75, 3.05) is 13.2 Å². The van der Waals surface area contributed by atoms with Crippen molar-refractivity contribution in [3.63, 3.8) is 0 Å². The Morgan fingerprint density at radius 2 is 0.508 bits per heavy atom. The van der Waals surface area contributed by atoms with Crippen molar-refractivity contribution in [3.05, 3.63) is 24.3 Å². The van der Waals surface area contributed by atoms with Gasteiger partial charge in [-0.1, -0.05) is 251 Å². The molecule has 0 aromatic carbocycles. The van der Waals surface area contributed by atoms with Crippen molar-refractivity contribution in [2.24, 2.45) is 0 Å². The third-order valence-corrected chi connectivity index (χ3v) is 12.9. The molecule has 0 saturated heterocycles. The summed E-state index contributed by atoms with van der Waals surface area (Å²) in [5.74, 6) is -0.870. The highest BCUT2D eigenvalue weighted by Gasteiger charge is 2.19. The highest BCUT2D eigenvalue weighted by Crippen LogP contribution is 2.16. The lowest BCUT2D eigenvalue weighted by atomic mass is 10.0. The van der Waals surface area contributed by atoms with Crippen LogP contribution in [0, 0.1) is 0 Å². The molecule has 1 unspecified atom stereocenters. The molecule has 0 aliphatic carbocycles. The summed E-state index contributed by atoms with van der Waals surface area (Å²) in [5.41, 5.74) is 0. The number of ether oxygens (including phenoxy) is 3. The van der Waals surface area contributed by atoms with Crippen molar-refractivity contribution in [2.45, 2.75) is 322 Å². The van der Waals surface area contributed by atoms with E-state index in [-0.39, 0.29) is 31.1 Å². The van der Waals surface area contributed by atoms with E-state index < -0.39 is 6.10 Å². The Hall–Kier alpha value is -2.11. The highest BCUT2D eigenvalue weighted by atomic mass is 16.6. The van der Waals surface area contributed by atoms with E-state index in [0.717, 1.165) is 70.6 Å². The molecule has 0 saturated carbocycles. The standard InChI is InChI=1S/C59H110O6/c1-4-7-10-13-16-19-22-25-28-31-34-37-40-43-46-49-52-58(61)64-55-56(54-63-57(60)51-48-45-42-39-36-33-30-27-24-21-18-15-12-9-6-3)65-59(62)53-50-47-44-41-38-35-32-29-26-23-20-17-14-11-8-5-2/h28-29,31-32,56H,4-27,30,33-55H2,1-3H3/b31-28-,32-29-. The Labute approximate surface area is 404 Å². The first kappa shape index (κ1) is 62.9. The van der Waals surface area contributed by atoms with Crippen LogP contribution in [-0.4, -0.2) is 37.2 Å². The molecular formula is C59H110O6. The van der Waals surface area contributed by atoms with Gasteiger partial charge in [-0.2, -0.15) is 0 Å². The van der Waals surface area contributed by atoms with E-state index in [0.29, 0.717) is 19.3 Å². The van der Waals surface area contributed by atoms with Crippen LogP contribution in [0.1, 0.15) is 316 Å². The van der Waals surface area contributed by atoms with Crippen molar-refractivity contribution in [1.29, 1.82) is 0 Å². The topological polar surface area (TPSA) is 78.9 Å². The van der Waals surface area contributed by atoms with Gasteiger partial charge in [-0.15, -0.1) is 0 Å². The van der Waals surface area contributed by atoms with Crippen LogP contribution in [0.4, 0.5) is 0 Å². The minimum Gasteiger partial charge on any atom is -0.462 e. The van der Waals surface area contributed by atoms with E-state index in [1.54, 1.807) is 0 Å². The van der Waals surface area contributed by atoms with Crippen molar-refractivity contribution >= 4 is 17.9 Å². The van der Waals surface area contributed by atoms with Gasteiger partial charge in [-0.3, -0.25) is 14.4 Å². The molecule has 0 rings (SSSR count). The van der Waals surface area contributed by atoms with Gasteiger partial charge in [-0.05, 0) is 70.6 Å². The normalized spacial score (nSPS) is 12.1. The Morgan fingerprint density at radius 3 is 0.769 bits per heavy atom. The quantitative estimate of drug-likeness (QED) is 0.0262. The predicted molar refractivity (Wildman–Crippen MR) is 279 cm³/mol. The van der Waals surface area contributed by atoms with Crippen molar-refractivity contribution < 1.29 is 28.6 Å². The SMILES string of the molecule is CCCCCCCCC/C=C\CCCCCCCC(=O)OCC(COC(=O)CCCCCCCCCCCCCCCCC)OC(=O)CCCCCCC/C=C\CCCCCCCCC.